The van der Waals surface area contributed by atoms with Crippen LogP contribution in [0.1, 0.15) is 5.56 Å². The van der Waals surface area contributed by atoms with Crippen molar-refractivity contribution < 1.29 is 13.2 Å². The predicted octanol–water partition coefficient (Wildman–Crippen LogP) is 4.93. The second kappa shape index (κ2) is 8.77. The number of carbonyl (C=O) groups is 1. The number of halogens is 1. The lowest BCUT2D eigenvalue weighted by molar-refractivity contribution is 0.262. The van der Waals surface area contributed by atoms with E-state index in [2.05, 4.69) is 15.4 Å². The van der Waals surface area contributed by atoms with Crippen LogP contribution in [0.15, 0.2) is 78.9 Å². The first kappa shape index (κ1) is 19.7. The Balaban J connectivity index is 1.65. The van der Waals surface area contributed by atoms with Gasteiger partial charge in [0, 0.05) is 5.69 Å². The van der Waals surface area contributed by atoms with Gasteiger partial charge in [0.05, 0.1) is 22.2 Å². The van der Waals surface area contributed by atoms with Crippen LogP contribution < -0.4 is 15.4 Å². The molecule has 0 aliphatic heterocycles. The second-order valence-electron chi connectivity index (χ2n) is 5.99. The van der Waals surface area contributed by atoms with E-state index >= 15 is 0 Å². The SMILES string of the molecule is O=C(Nc1cccc(NS(=O)(=O)Cc2ccccc2)c1)Nc1ccccc1Cl. The van der Waals surface area contributed by atoms with Gasteiger partial charge in [0.15, 0.2) is 0 Å². The van der Waals surface area contributed by atoms with E-state index in [1.165, 1.54) is 6.07 Å². The van der Waals surface area contributed by atoms with Crippen molar-refractivity contribution in [1.82, 2.24) is 0 Å². The van der Waals surface area contributed by atoms with E-state index in [1.54, 1.807) is 66.7 Å². The average molecular weight is 416 g/mol. The van der Waals surface area contributed by atoms with Gasteiger partial charge in [-0.05, 0) is 35.9 Å². The molecule has 0 aromatic heterocycles. The molecule has 0 saturated heterocycles. The molecule has 2 amide bonds. The van der Waals surface area contributed by atoms with Gasteiger partial charge in [-0.1, -0.05) is 60.1 Å². The fourth-order valence-electron chi connectivity index (χ4n) is 2.52. The summed E-state index contributed by atoms with van der Waals surface area (Å²) in [7, 11) is -3.58. The molecule has 6 nitrogen and oxygen atoms in total. The van der Waals surface area contributed by atoms with Crippen molar-refractivity contribution in [2.24, 2.45) is 0 Å². The summed E-state index contributed by atoms with van der Waals surface area (Å²) in [4.78, 5) is 12.2. The Morgan fingerprint density at radius 3 is 2.25 bits per heavy atom. The van der Waals surface area contributed by atoms with Crippen molar-refractivity contribution in [2.75, 3.05) is 15.4 Å². The number of carbonyl (C=O) groups excluding carboxylic acids is 1. The van der Waals surface area contributed by atoms with Crippen molar-refractivity contribution >= 4 is 44.7 Å². The molecule has 8 heteroatoms. The minimum Gasteiger partial charge on any atom is -0.308 e. The summed E-state index contributed by atoms with van der Waals surface area (Å²) in [5.74, 6) is -0.140. The predicted molar refractivity (Wildman–Crippen MR) is 113 cm³/mol. The zero-order valence-corrected chi connectivity index (χ0v) is 16.3. The first-order chi connectivity index (χ1) is 13.4. The van der Waals surface area contributed by atoms with Crippen molar-refractivity contribution in [3.8, 4) is 0 Å². The Bertz CT molecular complexity index is 1070. The van der Waals surface area contributed by atoms with Crippen molar-refractivity contribution in [2.45, 2.75) is 5.75 Å². The van der Waals surface area contributed by atoms with Crippen LogP contribution in [-0.4, -0.2) is 14.4 Å². The summed E-state index contributed by atoms with van der Waals surface area (Å²) >= 11 is 6.02. The highest BCUT2D eigenvalue weighted by Gasteiger charge is 2.12. The molecular weight excluding hydrogens is 398 g/mol. The molecule has 3 aromatic rings. The summed E-state index contributed by atoms with van der Waals surface area (Å²) in [6.07, 6.45) is 0. The lowest BCUT2D eigenvalue weighted by Crippen LogP contribution is -2.20. The first-order valence-corrected chi connectivity index (χ1v) is 10.4. The highest BCUT2D eigenvalue weighted by molar-refractivity contribution is 7.91. The molecule has 0 unspecified atom stereocenters. The van der Waals surface area contributed by atoms with Crippen LogP contribution >= 0.6 is 11.6 Å². The number of hydrogen-bond acceptors (Lipinski definition) is 3. The number of anilines is 3. The molecule has 0 radical (unpaired) electrons. The van der Waals surface area contributed by atoms with Gasteiger partial charge in [0.25, 0.3) is 0 Å². The molecular formula is C20H18ClN3O3S. The molecule has 0 spiro atoms. The summed E-state index contributed by atoms with van der Waals surface area (Å²) in [5.41, 5.74) is 1.95. The van der Waals surface area contributed by atoms with Gasteiger partial charge in [0.1, 0.15) is 0 Å². The summed E-state index contributed by atoms with van der Waals surface area (Å²) in [6.45, 7) is 0. The van der Waals surface area contributed by atoms with Crippen LogP contribution in [0.4, 0.5) is 21.9 Å². The van der Waals surface area contributed by atoms with Crippen LogP contribution in [0, 0.1) is 0 Å². The zero-order chi connectivity index (χ0) is 20.0. The Kier molecular flexibility index (Phi) is 6.18. The molecule has 0 fully saturated rings. The van der Waals surface area contributed by atoms with E-state index in [1.807, 2.05) is 6.07 Å². The monoisotopic (exact) mass is 415 g/mol. The normalized spacial score (nSPS) is 10.9. The van der Waals surface area contributed by atoms with Crippen LogP contribution in [0.2, 0.25) is 5.02 Å². The minimum atomic E-state index is -3.58. The standard InChI is InChI=1S/C20H18ClN3O3S/c21-18-11-4-5-12-19(18)23-20(25)22-16-9-6-10-17(13-16)24-28(26,27)14-15-7-2-1-3-8-15/h1-13,24H,14H2,(H2,22,23,25). The molecule has 3 N–H and O–H groups in total. The number of sulfonamides is 1. The van der Waals surface area contributed by atoms with E-state index in [-0.39, 0.29) is 5.75 Å². The van der Waals surface area contributed by atoms with Crippen molar-refractivity contribution in [3.63, 3.8) is 0 Å². The van der Waals surface area contributed by atoms with E-state index in [0.29, 0.717) is 27.6 Å². The van der Waals surface area contributed by atoms with Crippen molar-refractivity contribution in [3.05, 3.63) is 89.4 Å². The van der Waals surface area contributed by atoms with Gasteiger partial charge in [-0.2, -0.15) is 0 Å². The third kappa shape index (κ3) is 5.73. The number of para-hydroxylation sites is 1. The van der Waals surface area contributed by atoms with Gasteiger partial charge in [-0.3, -0.25) is 4.72 Å². The summed E-state index contributed by atoms with van der Waals surface area (Å²) in [6, 6.07) is 21.7. The van der Waals surface area contributed by atoms with Gasteiger partial charge >= 0.3 is 6.03 Å². The second-order valence-corrected chi connectivity index (χ2v) is 8.12. The van der Waals surface area contributed by atoms with Crippen molar-refractivity contribution in [1.29, 1.82) is 0 Å². The number of benzene rings is 3. The largest absolute Gasteiger partial charge is 0.323 e. The lowest BCUT2D eigenvalue weighted by Gasteiger charge is -2.11. The first-order valence-electron chi connectivity index (χ1n) is 8.38. The van der Waals surface area contributed by atoms with Crippen LogP contribution in [-0.2, 0) is 15.8 Å². The molecule has 28 heavy (non-hydrogen) atoms. The van der Waals surface area contributed by atoms with E-state index < -0.39 is 16.1 Å². The highest BCUT2D eigenvalue weighted by atomic mass is 35.5. The minimum absolute atomic E-state index is 0.140. The van der Waals surface area contributed by atoms with Gasteiger partial charge < -0.3 is 10.6 Å². The molecule has 3 aromatic carbocycles. The fraction of sp³-hybridized carbons (Fsp3) is 0.0500. The third-order valence-corrected chi connectivity index (χ3v) is 5.31. The summed E-state index contributed by atoms with van der Waals surface area (Å²) in [5, 5.41) is 5.71. The van der Waals surface area contributed by atoms with Crippen LogP contribution in [0.25, 0.3) is 0 Å². The highest BCUT2D eigenvalue weighted by Crippen LogP contribution is 2.22. The third-order valence-electron chi connectivity index (χ3n) is 3.72. The Labute approximate surface area is 168 Å². The number of nitrogens with one attached hydrogen (secondary N) is 3. The maximum absolute atomic E-state index is 12.4. The van der Waals surface area contributed by atoms with Crippen LogP contribution in [0.5, 0.6) is 0 Å². The molecule has 0 atom stereocenters. The molecule has 0 aliphatic carbocycles. The van der Waals surface area contributed by atoms with Gasteiger partial charge in [0.2, 0.25) is 10.0 Å². The quantitative estimate of drug-likeness (QED) is 0.533. The Morgan fingerprint density at radius 2 is 1.50 bits per heavy atom. The number of urea groups is 1. The van der Waals surface area contributed by atoms with E-state index in [4.69, 9.17) is 11.6 Å². The van der Waals surface area contributed by atoms with Crippen LogP contribution in [0.3, 0.4) is 0 Å². The molecule has 0 saturated carbocycles. The Hall–Kier alpha value is -3.03. The smallest absolute Gasteiger partial charge is 0.308 e. The molecule has 3 rings (SSSR count). The number of rotatable bonds is 6. The molecule has 144 valence electrons. The fourth-order valence-corrected chi connectivity index (χ4v) is 3.89. The molecule has 0 bridgehead atoms. The van der Waals surface area contributed by atoms with E-state index in [0.717, 1.165) is 0 Å². The maximum Gasteiger partial charge on any atom is 0.323 e. The lowest BCUT2D eigenvalue weighted by atomic mass is 10.2. The van der Waals surface area contributed by atoms with E-state index in [9.17, 15) is 13.2 Å². The summed E-state index contributed by atoms with van der Waals surface area (Å²) < 4.78 is 27.2. The number of hydrogen-bond donors (Lipinski definition) is 3. The number of amides is 2. The Morgan fingerprint density at radius 1 is 0.821 bits per heavy atom. The average Bonchev–Trinajstić information content (AvgIpc) is 2.64. The van der Waals surface area contributed by atoms with Gasteiger partial charge in [-0.25, -0.2) is 13.2 Å². The molecule has 0 aliphatic rings. The molecule has 0 heterocycles. The topological polar surface area (TPSA) is 87.3 Å². The van der Waals surface area contributed by atoms with Gasteiger partial charge in [-0.15, -0.1) is 0 Å². The zero-order valence-electron chi connectivity index (χ0n) is 14.7. The maximum atomic E-state index is 12.4.